The van der Waals surface area contributed by atoms with Crippen LogP contribution in [0.15, 0.2) is 6.33 Å². The molecule has 4 nitrogen and oxygen atoms in total. The lowest BCUT2D eigenvalue weighted by Gasteiger charge is -2.37. The van der Waals surface area contributed by atoms with E-state index >= 15 is 0 Å². The van der Waals surface area contributed by atoms with E-state index in [9.17, 15) is 0 Å². The van der Waals surface area contributed by atoms with E-state index in [0.717, 1.165) is 24.3 Å². The van der Waals surface area contributed by atoms with E-state index < -0.39 is 0 Å². The highest BCUT2D eigenvalue weighted by molar-refractivity contribution is 5.57. The normalized spacial score (nSPS) is 20.6. The van der Waals surface area contributed by atoms with E-state index in [-0.39, 0.29) is 0 Å². The van der Waals surface area contributed by atoms with Crippen molar-refractivity contribution in [2.75, 3.05) is 17.2 Å². The summed E-state index contributed by atoms with van der Waals surface area (Å²) in [4.78, 5) is 11.0. The highest BCUT2D eigenvalue weighted by Crippen LogP contribution is 2.29. The van der Waals surface area contributed by atoms with Crippen molar-refractivity contribution in [2.45, 2.75) is 52.0 Å². The first-order valence-corrected chi connectivity index (χ1v) is 6.63. The lowest BCUT2D eigenvalue weighted by molar-refractivity contribution is 0.445. The Hall–Kier alpha value is -1.32. The topological polar surface area (TPSA) is 55.0 Å². The largest absolute Gasteiger partial charge is 0.383 e. The van der Waals surface area contributed by atoms with Crippen molar-refractivity contribution in [1.29, 1.82) is 0 Å². The van der Waals surface area contributed by atoms with Crippen LogP contribution in [0.4, 0.5) is 11.6 Å². The van der Waals surface area contributed by atoms with Gasteiger partial charge in [-0.1, -0.05) is 13.8 Å². The summed E-state index contributed by atoms with van der Waals surface area (Å²) >= 11 is 0. The molecule has 0 aliphatic carbocycles. The van der Waals surface area contributed by atoms with Gasteiger partial charge < -0.3 is 10.6 Å². The molecule has 2 heterocycles. The van der Waals surface area contributed by atoms with Gasteiger partial charge in [-0.05, 0) is 32.1 Å². The van der Waals surface area contributed by atoms with Crippen LogP contribution in [0.2, 0.25) is 0 Å². The second-order valence-corrected chi connectivity index (χ2v) is 4.67. The number of rotatable bonds is 3. The van der Waals surface area contributed by atoms with Gasteiger partial charge in [0.25, 0.3) is 0 Å². The Bertz CT molecular complexity index is 378. The number of hydrogen-bond donors (Lipinski definition) is 1. The number of nitrogen functional groups attached to an aromatic ring is 1. The first kappa shape index (κ1) is 12.1. The van der Waals surface area contributed by atoms with Crippen LogP contribution in [-0.4, -0.2) is 22.6 Å². The molecule has 0 radical (unpaired) electrons. The second kappa shape index (κ2) is 5.34. The zero-order valence-electron chi connectivity index (χ0n) is 10.8. The van der Waals surface area contributed by atoms with E-state index in [2.05, 4.69) is 28.7 Å². The van der Waals surface area contributed by atoms with Crippen LogP contribution in [0.3, 0.4) is 0 Å². The van der Waals surface area contributed by atoms with Crippen molar-refractivity contribution in [2.24, 2.45) is 0 Å². The number of hydrogen-bond acceptors (Lipinski definition) is 4. The number of piperidine rings is 1. The fourth-order valence-electron chi connectivity index (χ4n) is 2.71. The smallest absolute Gasteiger partial charge is 0.137 e. The molecule has 1 unspecified atom stereocenters. The molecule has 17 heavy (non-hydrogen) atoms. The van der Waals surface area contributed by atoms with Gasteiger partial charge in [0.1, 0.15) is 18.0 Å². The molecule has 2 rings (SSSR count). The summed E-state index contributed by atoms with van der Waals surface area (Å²) in [5, 5.41) is 0. The van der Waals surface area contributed by atoms with Crippen molar-refractivity contribution in [3.05, 3.63) is 11.9 Å². The maximum Gasteiger partial charge on any atom is 0.137 e. The van der Waals surface area contributed by atoms with Crippen LogP contribution >= 0.6 is 0 Å². The minimum atomic E-state index is 0.614. The highest BCUT2D eigenvalue weighted by atomic mass is 15.2. The predicted molar refractivity (Wildman–Crippen MR) is 71.1 cm³/mol. The van der Waals surface area contributed by atoms with Crippen LogP contribution in [0.25, 0.3) is 0 Å². The number of anilines is 2. The molecule has 4 heteroatoms. The van der Waals surface area contributed by atoms with Crippen LogP contribution in [-0.2, 0) is 6.42 Å². The predicted octanol–water partition coefficient (Wildman–Crippen LogP) is 2.39. The molecular weight excluding hydrogens is 212 g/mol. The Kier molecular flexibility index (Phi) is 3.82. The van der Waals surface area contributed by atoms with E-state index in [4.69, 9.17) is 5.73 Å². The van der Waals surface area contributed by atoms with Crippen molar-refractivity contribution in [3.63, 3.8) is 0 Å². The van der Waals surface area contributed by atoms with Gasteiger partial charge in [-0.15, -0.1) is 0 Å². The molecule has 0 aromatic carbocycles. The standard InChI is InChI=1S/C13H22N4/c1-3-10-7-5-6-8-17(10)13-11(4-2)12(14)15-9-16-13/h9-10H,3-8H2,1-2H3,(H2,14,15,16). The minimum Gasteiger partial charge on any atom is -0.383 e. The van der Waals surface area contributed by atoms with E-state index in [1.54, 1.807) is 6.33 Å². The quantitative estimate of drug-likeness (QED) is 0.872. The SMILES string of the molecule is CCc1c(N)ncnc1N1CCCCC1CC. The molecule has 1 aliphatic rings. The number of nitrogens with zero attached hydrogens (tertiary/aromatic N) is 3. The van der Waals surface area contributed by atoms with Crippen LogP contribution < -0.4 is 10.6 Å². The van der Waals surface area contributed by atoms with Crippen molar-refractivity contribution in [1.82, 2.24) is 9.97 Å². The second-order valence-electron chi connectivity index (χ2n) is 4.67. The highest BCUT2D eigenvalue weighted by Gasteiger charge is 2.24. The van der Waals surface area contributed by atoms with Gasteiger partial charge in [0, 0.05) is 18.2 Å². The molecule has 0 spiro atoms. The lowest BCUT2D eigenvalue weighted by atomic mass is 9.99. The fraction of sp³-hybridized carbons (Fsp3) is 0.692. The molecular formula is C13H22N4. The van der Waals surface area contributed by atoms with Gasteiger partial charge in [0.15, 0.2) is 0 Å². The average Bonchev–Trinajstić information content (AvgIpc) is 2.38. The monoisotopic (exact) mass is 234 g/mol. The van der Waals surface area contributed by atoms with E-state index in [1.807, 2.05) is 0 Å². The molecule has 1 saturated heterocycles. The molecule has 1 fully saturated rings. The zero-order valence-corrected chi connectivity index (χ0v) is 10.8. The summed E-state index contributed by atoms with van der Waals surface area (Å²) in [5.74, 6) is 1.70. The van der Waals surface area contributed by atoms with Crippen LogP contribution in [0.5, 0.6) is 0 Å². The lowest BCUT2D eigenvalue weighted by Crippen LogP contribution is -2.40. The Balaban J connectivity index is 2.34. The third-order valence-electron chi connectivity index (χ3n) is 3.68. The third kappa shape index (κ3) is 2.35. The van der Waals surface area contributed by atoms with Crippen molar-refractivity contribution in [3.8, 4) is 0 Å². The molecule has 1 atom stereocenters. The summed E-state index contributed by atoms with van der Waals surface area (Å²) in [5.41, 5.74) is 7.05. The number of nitrogens with two attached hydrogens (primary N) is 1. The molecule has 1 aromatic heterocycles. The van der Waals surface area contributed by atoms with Gasteiger partial charge in [0.05, 0.1) is 0 Å². The molecule has 1 aromatic rings. The average molecular weight is 234 g/mol. The molecule has 0 amide bonds. The molecule has 1 aliphatic heterocycles. The molecule has 0 saturated carbocycles. The van der Waals surface area contributed by atoms with Crippen molar-refractivity contribution < 1.29 is 0 Å². The Morgan fingerprint density at radius 1 is 1.35 bits per heavy atom. The Labute approximate surface area is 103 Å². The van der Waals surface area contributed by atoms with Gasteiger partial charge in [-0.3, -0.25) is 0 Å². The number of aromatic nitrogens is 2. The zero-order chi connectivity index (χ0) is 12.3. The van der Waals surface area contributed by atoms with Gasteiger partial charge >= 0.3 is 0 Å². The Morgan fingerprint density at radius 3 is 2.88 bits per heavy atom. The maximum atomic E-state index is 5.95. The molecule has 94 valence electrons. The van der Waals surface area contributed by atoms with Gasteiger partial charge in [-0.25, -0.2) is 9.97 Å². The first-order valence-electron chi connectivity index (χ1n) is 6.63. The van der Waals surface area contributed by atoms with E-state index in [0.29, 0.717) is 11.9 Å². The van der Waals surface area contributed by atoms with Crippen LogP contribution in [0.1, 0.15) is 45.1 Å². The van der Waals surface area contributed by atoms with Gasteiger partial charge in [0.2, 0.25) is 0 Å². The summed E-state index contributed by atoms with van der Waals surface area (Å²) in [6, 6.07) is 0.614. The van der Waals surface area contributed by atoms with E-state index in [1.165, 1.54) is 25.7 Å². The minimum absolute atomic E-state index is 0.614. The molecule has 0 bridgehead atoms. The third-order valence-corrected chi connectivity index (χ3v) is 3.68. The molecule has 2 N–H and O–H groups in total. The first-order chi connectivity index (χ1) is 8.27. The summed E-state index contributed by atoms with van der Waals surface area (Å²) in [6.45, 7) is 5.46. The van der Waals surface area contributed by atoms with Crippen molar-refractivity contribution >= 4 is 11.6 Å². The Morgan fingerprint density at radius 2 is 2.18 bits per heavy atom. The summed E-state index contributed by atoms with van der Waals surface area (Å²) in [6.07, 6.45) is 7.51. The summed E-state index contributed by atoms with van der Waals surface area (Å²) in [7, 11) is 0. The van der Waals surface area contributed by atoms with Crippen LogP contribution in [0, 0.1) is 0 Å². The van der Waals surface area contributed by atoms with Gasteiger partial charge in [-0.2, -0.15) is 0 Å². The maximum absolute atomic E-state index is 5.95. The fourth-order valence-corrected chi connectivity index (χ4v) is 2.71. The summed E-state index contributed by atoms with van der Waals surface area (Å²) < 4.78 is 0.